The molecule has 0 saturated carbocycles. The fraction of sp³-hybridized carbons (Fsp3) is 0. The fourth-order valence-corrected chi connectivity index (χ4v) is 1.47. The summed E-state index contributed by atoms with van der Waals surface area (Å²) in [7, 11) is 0. The van der Waals surface area contributed by atoms with E-state index in [-0.39, 0.29) is 17.2 Å². The number of nitrogens with zero attached hydrogens (tertiary/aromatic N) is 3. The zero-order chi connectivity index (χ0) is 13.7. The van der Waals surface area contributed by atoms with Gasteiger partial charge in [-0.1, -0.05) is 12.1 Å². The van der Waals surface area contributed by atoms with Crippen LogP contribution in [0.2, 0.25) is 0 Å². The van der Waals surface area contributed by atoms with E-state index >= 15 is 0 Å². The van der Waals surface area contributed by atoms with Gasteiger partial charge in [0.2, 0.25) is 5.78 Å². The first-order valence-electron chi connectivity index (χ1n) is 5.40. The zero-order valence-corrected chi connectivity index (χ0v) is 9.76. The summed E-state index contributed by atoms with van der Waals surface area (Å²) in [4.78, 5) is 29.7. The monoisotopic (exact) mass is 255 g/mol. The Morgan fingerprint density at radius 2 is 2.05 bits per heavy atom. The highest BCUT2D eigenvalue weighted by Gasteiger charge is 2.10. The summed E-state index contributed by atoms with van der Waals surface area (Å²) in [6.07, 6.45) is 6.85. The molecule has 0 aliphatic rings. The Hall–Kier alpha value is -2.89. The molecule has 0 N–H and O–H groups in total. The largest absolute Gasteiger partial charge is 0.287 e. The Labute approximate surface area is 108 Å². The molecule has 2 aromatic rings. The van der Waals surface area contributed by atoms with Crippen molar-refractivity contribution in [1.29, 1.82) is 0 Å². The first-order valence-corrected chi connectivity index (χ1v) is 5.40. The molecular formula is C13H9N3O3. The smallest absolute Gasteiger partial charge is 0.276 e. The predicted octanol–water partition coefficient (Wildman–Crippen LogP) is 2.28. The Morgan fingerprint density at radius 3 is 2.74 bits per heavy atom. The van der Waals surface area contributed by atoms with Gasteiger partial charge in [-0.05, 0) is 18.2 Å². The van der Waals surface area contributed by atoms with Gasteiger partial charge >= 0.3 is 0 Å². The number of hydrogen-bond donors (Lipinski definition) is 0. The molecule has 0 amide bonds. The Kier molecular flexibility index (Phi) is 3.72. The highest BCUT2D eigenvalue weighted by atomic mass is 16.6. The van der Waals surface area contributed by atoms with Crippen molar-refractivity contribution in [3.05, 3.63) is 70.3 Å². The molecule has 0 aliphatic carbocycles. The van der Waals surface area contributed by atoms with E-state index in [4.69, 9.17) is 0 Å². The molecule has 0 fully saturated rings. The molecule has 0 unspecified atom stereocenters. The third kappa shape index (κ3) is 3.06. The highest BCUT2D eigenvalue weighted by molar-refractivity contribution is 6.05. The number of nitro benzene ring substituents is 1. The number of para-hydroxylation sites is 1. The number of rotatable bonds is 4. The maximum atomic E-state index is 11.7. The normalized spacial score (nSPS) is 10.5. The molecule has 19 heavy (non-hydrogen) atoms. The average Bonchev–Trinajstić information content (AvgIpc) is 2.46. The summed E-state index contributed by atoms with van der Waals surface area (Å²) < 4.78 is 0. The number of hydrogen-bond acceptors (Lipinski definition) is 5. The van der Waals surface area contributed by atoms with Crippen LogP contribution in [0.3, 0.4) is 0 Å². The predicted molar refractivity (Wildman–Crippen MR) is 68.5 cm³/mol. The molecule has 0 saturated heterocycles. The number of carbonyl (C=O) groups excluding carboxylic acids is 1. The number of benzene rings is 1. The van der Waals surface area contributed by atoms with Crippen LogP contribution in [0, 0.1) is 10.1 Å². The van der Waals surface area contributed by atoms with E-state index in [0.29, 0.717) is 5.56 Å². The molecule has 0 radical (unpaired) electrons. The van der Waals surface area contributed by atoms with Gasteiger partial charge in [0.15, 0.2) is 0 Å². The minimum atomic E-state index is -0.494. The van der Waals surface area contributed by atoms with E-state index in [2.05, 4.69) is 9.97 Å². The Balaban J connectivity index is 2.24. The molecular weight excluding hydrogens is 246 g/mol. The third-order valence-corrected chi connectivity index (χ3v) is 2.36. The van der Waals surface area contributed by atoms with Gasteiger partial charge in [-0.25, -0.2) is 4.98 Å². The van der Waals surface area contributed by atoms with E-state index in [1.165, 1.54) is 36.8 Å². The minimum absolute atomic E-state index is 0.0503. The lowest BCUT2D eigenvalue weighted by Gasteiger charge is -1.96. The molecule has 2 rings (SSSR count). The molecule has 6 heteroatoms. The fourth-order valence-electron chi connectivity index (χ4n) is 1.47. The van der Waals surface area contributed by atoms with Crippen molar-refractivity contribution in [2.75, 3.05) is 0 Å². The van der Waals surface area contributed by atoms with Crippen LogP contribution in [0.4, 0.5) is 5.69 Å². The summed E-state index contributed by atoms with van der Waals surface area (Å²) >= 11 is 0. The van der Waals surface area contributed by atoms with Crippen LogP contribution in [0.25, 0.3) is 6.08 Å². The Bertz CT molecular complexity index is 639. The molecule has 0 atom stereocenters. The van der Waals surface area contributed by atoms with Gasteiger partial charge in [0, 0.05) is 18.5 Å². The van der Waals surface area contributed by atoms with E-state index in [1.807, 2.05) is 0 Å². The highest BCUT2D eigenvalue weighted by Crippen LogP contribution is 2.19. The summed E-state index contributed by atoms with van der Waals surface area (Å²) in [5, 5.41) is 10.8. The van der Waals surface area contributed by atoms with Crippen molar-refractivity contribution in [3.8, 4) is 0 Å². The molecule has 6 nitrogen and oxygen atoms in total. The van der Waals surface area contributed by atoms with Crippen LogP contribution in [0.15, 0.2) is 48.9 Å². The summed E-state index contributed by atoms with van der Waals surface area (Å²) in [6.45, 7) is 0. The standard InChI is InChI=1S/C13H9N3O3/c17-13(11-9-14-7-8-15-11)6-5-10-3-1-2-4-12(10)16(18)19/h1-9H/b6-5+. The van der Waals surface area contributed by atoms with E-state index in [0.717, 1.165) is 0 Å². The summed E-state index contributed by atoms with van der Waals surface area (Å²) in [6, 6.07) is 6.19. The Morgan fingerprint density at radius 1 is 1.26 bits per heavy atom. The third-order valence-electron chi connectivity index (χ3n) is 2.36. The van der Waals surface area contributed by atoms with Crippen LogP contribution < -0.4 is 0 Å². The first kappa shape index (κ1) is 12.6. The van der Waals surface area contributed by atoms with Crippen molar-refractivity contribution in [2.45, 2.75) is 0 Å². The van der Waals surface area contributed by atoms with Gasteiger partial charge in [0.25, 0.3) is 5.69 Å². The minimum Gasteiger partial charge on any atom is -0.287 e. The van der Waals surface area contributed by atoms with E-state index in [1.54, 1.807) is 18.2 Å². The number of nitro groups is 1. The lowest BCUT2D eigenvalue weighted by molar-refractivity contribution is -0.385. The van der Waals surface area contributed by atoms with Crippen molar-refractivity contribution < 1.29 is 9.72 Å². The number of allylic oxidation sites excluding steroid dienone is 1. The zero-order valence-electron chi connectivity index (χ0n) is 9.76. The van der Waals surface area contributed by atoms with Crippen LogP contribution in [-0.2, 0) is 0 Å². The van der Waals surface area contributed by atoms with Gasteiger partial charge < -0.3 is 0 Å². The van der Waals surface area contributed by atoms with Gasteiger partial charge in [0.1, 0.15) is 5.69 Å². The van der Waals surface area contributed by atoms with Crippen LogP contribution in [0.1, 0.15) is 16.1 Å². The van der Waals surface area contributed by atoms with Gasteiger partial charge in [-0.2, -0.15) is 0 Å². The molecule has 1 heterocycles. The second kappa shape index (κ2) is 5.63. The van der Waals surface area contributed by atoms with Crippen molar-refractivity contribution in [2.24, 2.45) is 0 Å². The number of aromatic nitrogens is 2. The van der Waals surface area contributed by atoms with E-state index in [9.17, 15) is 14.9 Å². The topological polar surface area (TPSA) is 86.0 Å². The molecule has 0 aliphatic heterocycles. The van der Waals surface area contributed by atoms with Crippen molar-refractivity contribution >= 4 is 17.5 Å². The lowest BCUT2D eigenvalue weighted by atomic mass is 10.1. The number of carbonyl (C=O) groups is 1. The molecule has 94 valence electrons. The van der Waals surface area contributed by atoms with Crippen molar-refractivity contribution in [1.82, 2.24) is 9.97 Å². The van der Waals surface area contributed by atoms with Crippen LogP contribution >= 0.6 is 0 Å². The second-order valence-corrected chi connectivity index (χ2v) is 3.60. The molecule has 0 spiro atoms. The quantitative estimate of drug-likeness (QED) is 0.362. The SMILES string of the molecule is O=C(/C=C/c1ccccc1[N+](=O)[O-])c1cnccn1. The van der Waals surface area contributed by atoms with E-state index < -0.39 is 4.92 Å². The first-order chi connectivity index (χ1) is 9.18. The van der Waals surface area contributed by atoms with Gasteiger partial charge in [-0.15, -0.1) is 0 Å². The van der Waals surface area contributed by atoms with Gasteiger partial charge in [0.05, 0.1) is 16.7 Å². The second-order valence-electron chi connectivity index (χ2n) is 3.60. The maximum Gasteiger partial charge on any atom is 0.276 e. The lowest BCUT2D eigenvalue weighted by Crippen LogP contribution is -1.98. The molecule has 1 aromatic heterocycles. The van der Waals surface area contributed by atoms with Gasteiger partial charge in [-0.3, -0.25) is 19.9 Å². The average molecular weight is 255 g/mol. The van der Waals surface area contributed by atoms with Crippen LogP contribution in [0.5, 0.6) is 0 Å². The maximum absolute atomic E-state index is 11.7. The molecule has 0 bridgehead atoms. The van der Waals surface area contributed by atoms with Crippen molar-refractivity contribution in [3.63, 3.8) is 0 Å². The number of ketones is 1. The summed E-state index contributed by atoms with van der Waals surface area (Å²) in [5.41, 5.74) is 0.507. The molecule has 1 aromatic carbocycles. The van der Waals surface area contributed by atoms with Crippen LogP contribution in [-0.4, -0.2) is 20.7 Å². The summed E-state index contributed by atoms with van der Waals surface area (Å²) in [5.74, 6) is -0.355.